The van der Waals surface area contributed by atoms with Crippen LogP contribution in [0.4, 0.5) is 0 Å². The van der Waals surface area contributed by atoms with Crippen LogP contribution in [0, 0.1) is 6.92 Å². The zero-order valence-corrected chi connectivity index (χ0v) is 16.6. The molecule has 8 heteroatoms. The molecule has 3 aromatic rings. The van der Waals surface area contributed by atoms with Gasteiger partial charge >= 0.3 is 0 Å². The predicted molar refractivity (Wildman–Crippen MR) is 104 cm³/mol. The van der Waals surface area contributed by atoms with E-state index in [-0.39, 0.29) is 17.1 Å². The highest BCUT2D eigenvalue weighted by Crippen LogP contribution is 2.35. The van der Waals surface area contributed by atoms with Gasteiger partial charge in [-0.1, -0.05) is 28.1 Å². The van der Waals surface area contributed by atoms with Crippen molar-refractivity contribution in [3.8, 4) is 0 Å². The Kier molecular flexibility index (Phi) is 4.92. The first-order chi connectivity index (χ1) is 13.1. The third-order valence-corrected chi connectivity index (χ3v) is 5.60. The van der Waals surface area contributed by atoms with Crippen molar-refractivity contribution in [2.24, 2.45) is 0 Å². The van der Waals surface area contributed by atoms with E-state index in [1.54, 1.807) is 10.7 Å². The SMILES string of the molecule is Cc1ccnc2nc(C(=O)NCC3(c4cccc(Br)c4)CCOCC3)nn12. The number of nitrogens with one attached hydrogen (secondary N) is 1. The number of nitrogens with zero attached hydrogens (tertiary/aromatic N) is 4. The van der Waals surface area contributed by atoms with Crippen LogP contribution in [0.25, 0.3) is 5.78 Å². The van der Waals surface area contributed by atoms with E-state index in [2.05, 4.69) is 48.4 Å². The van der Waals surface area contributed by atoms with Gasteiger partial charge in [-0.25, -0.2) is 9.50 Å². The zero-order chi connectivity index (χ0) is 18.9. The molecular weight excluding hydrogens is 410 g/mol. The van der Waals surface area contributed by atoms with Crippen LogP contribution in [-0.2, 0) is 10.2 Å². The number of aryl methyl sites for hydroxylation is 1. The molecule has 0 saturated carbocycles. The lowest BCUT2D eigenvalue weighted by molar-refractivity contribution is 0.0486. The number of hydrogen-bond acceptors (Lipinski definition) is 5. The molecule has 1 fully saturated rings. The Balaban J connectivity index is 1.56. The first-order valence-electron chi connectivity index (χ1n) is 8.88. The van der Waals surface area contributed by atoms with E-state index >= 15 is 0 Å². The highest BCUT2D eigenvalue weighted by Gasteiger charge is 2.35. The Morgan fingerprint density at radius 3 is 2.89 bits per heavy atom. The first kappa shape index (κ1) is 18.1. The number of aromatic nitrogens is 4. The third-order valence-electron chi connectivity index (χ3n) is 5.11. The van der Waals surface area contributed by atoms with Crippen LogP contribution in [0.1, 0.15) is 34.7 Å². The molecule has 3 heterocycles. The molecule has 7 nitrogen and oxygen atoms in total. The monoisotopic (exact) mass is 429 g/mol. The number of rotatable bonds is 4. The van der Waals surface area contributed by atoms with Crippen LogP contribution in [0.2, 0.25) is 0 Å². The van der Waals surface area contributed by atoms with Crippen LogP contribution in [-0.4, -0.2) is 45.2 Å². The molecule has 0 unspecified atom stereocenters. The van der Waals surface area contributed by atoms with Gasteiger partial charge in [0.1, 0.15) is 0 Å². The summed E-state index contributed by atoms with van der Waals surface area (Å²) in [6.45, 7) is 3.76. The fourth-order valence-electron chi connectivity index (χ4n) is 3.48. The Hall–Kier alpha value is -2.32. The second kappa shape index (κ2) is 7.36. The van der Waals surface area contributed by atoms with E-state index < -0.39 is 0 Å². The van der Waals surface area contributed by atoms with Gasteiger partial charge in [-0.3, -0.25) is 4.79 Å². The molecule has 0 bridgehead atoms. The van der Waals surface area contributed by atoms with Crippen molar-refractivity contribution in [1.29, 1.82) is 0 Å². The Morgan fingerprint density at radius 1 is 1.33 bits per heavy atom. The lowest BCUT2D eigenvalue weighted by atomic mass is 9.74. The van der Waals surface area contributed by atoms with Gasteiger partial charge < -0.3 is 10.1 Å². The Labute approximate surface area is 165 Å². The summed E-state index contributed by atoms with van der Waals surface area (Å²) in [5.41, 5.74) is 1.91. The van der Waals surface area contributed by atoms with Gasteiger partial charge in [0.15, 0.2) is 0 Å². The minimum atomic E-state index is -0.291. The summed E-state index contributed by atoms with van der Waals surface area (Å²) >= 11 is 3.55. The summed E-state index contributed by atoms with van der Waals surface area (Å²) in [5.74, 6) is 0.266. The Morgan fingerprint density at radius 2 is 2.15 bits per heavy atom. The van der Waals surface area contributed by atoms with E-state index in [1.165, 1.54) is 5.56 Å². The van der Waals surface area contributed by atoms with Crippen LogP contribution < -0.4 is 5.32 Å². The molecule has 1 N–H and O–H groups in total. The van der Waals surface area contributed by atoms with Crippen molar-refractivity contribution in [2.45, 2.75) is 25.2 Å². The maximum absolute atomic E-state index is 12.7. The van der Waals surface area contributed by atoms with Crippen LogP contribution in [0.3, 0.4) is 0 Å². The first-order valence-corrected chi connectivity index (χ1v) is 9.67. The van der Waals surface area contributed by atoms with E-state index in [1.807, 2.05) is 25.1 Å². The van der Waals surface area contributed by atoms with Crippen molar-refractivity contribution >= 4 is 27.6 Å². The second-order valence-corrected chi connectivity index (χ2v) is 7.73. The molecule has 27 heavy (non-hydrogen) atoms. The van der Waals surface area contributed by atoms with Crippen LogP contribution in [0.5, 0.6) is 0 Å². The number of benzene rings is 1. The van der Waals surface area contributed by atoms with Gasteiger partial charge in [0.05, 0.1) is 0 Å². The molecule has 1 saturated heterocycles. The van der Waals surface area contributed by atoms with Gasteiger partial charge in [-0.05, 0) is 43.5 Å². The summed E-state index contributed by atoms with van der Waals surface area (Å²) in [5, 5.41) is 7.32. The fourth-order valence-corrected chi connectivity index (χ4v) is 3.88. The molecule has 2 aromatic heterocycles. The second-order valence-electron chi connectivity index (χ2n) is 6.82. The number of carbonyl (C=O) groups excluding carboxylic acids is 1. The summed E-state index contributed by atoms with van der Waals surface area (Å²) in [4.78, 5) is 21.1. The predicted octanol–water partition coefficient (Wildman–Crippen LogP) is 2.67. The molecule has 0 radical (unpaired) electrons. The number of ether oxygens (including phenoxy) is 1. The lowest BCUT2D eigenvalue weighted by Crippen LogP contribution is -2.44. The number of halogens is 1. The highest BCUT2D eigenvalue weighted by molar-refractivity contribution is 9.10. The van der Waals surface area contributed by atoms with E-state index in [0.29, 0.717) is 25.5 Å². The topological polar surface area (TPSA) is 81.4 Å². The molecule has 4 rings (SSSR count). The van der Waals surface area contributed by atoms with Crippen molar-refractivity contribution in [1.82, 2.24) is 24.9 Å². The van der Waals surface area contributed by atoms with Crippen molar-refractivity contribution in [2.75, 3.05) is 19.8 Å². The largest absolute Gasteiger partial charge is 0.381 e. The van der Waals surface area contributed by atoms with Gasteiger partial charge in [0.25, 0.3) is 11.7 Å². The maximum Gasteiger partial charge on any atom is 0.291 e. The lowest BCUT2D eigenvalue weighted by Gasteiger charge is -2.38. The molecule has 1 aromatic carbocycles. The highest BCUT2D eigenvalue weighted by atomic mass is 79.9. The minimum Gasteiger partial charge on any atom is -0.381 e. The maximum atomic E-state index is 12.7. The average molecular weight is 430 g/mol. The van der Waals surface area contributed by atoms with E-state index in [9.17, 15) is 4.79 Å². The number of hydrogen-bond donors (Lipinski definition) is 1. The Bertz CT molecular complexity index is 981. The normalized spacial score (nSPS) is 16.4. The quantitative estimate of drug-likeness (QED) is 0.689. The number of amides is 1. The van der Waals surface area contributed by atoms with Crippen LogP contribution >= 0.6 is 15.9 Å². The summed E-state index contributed by atoms with van der Waals surface area (Å²) < 4.78 is 8.17. The van der Waals surface area contributed by atoms with Gasteiger partial charge in [0.2, 0.25) is 5.82 Å². The van der Waals surface area contributed by atoms with Crippen molar-refractivity contribution in [3.05, 3.63) is 58.1 Å². The third kappa shape index (κ3) is 3.59. The molecule has 1 aliphatic rings. The molecule has 1 amide bonds. The molecule has 0 spiro atoms. The summed E-state index contributed by atoms with van der Waals surface area (Å²) in [6, 6.07) is 10.1. The summed E-state index contributed by atoms with van der Waals surface area (Å²) in [7, 11) is 0. The van der Waals surface area contributed by atoms with E-state index in [4.69, 9.17) is 4.74 Å². The van der Waals surface area contributed by atoms with Gasteiger partial charge in [-0.2, -0.15) is 4.98 Å². The standard InChI is InChI=1S/C19H20BrN5O2/c1-13-5-8-21-18-23-16(24-25(13)18)17(26)22-12-19(6-9-27-10-7-19)14-3-2-4-15(20)11-14/h2-5,8,11H,6-7,9-10,12H2,1H3,(H,22,26). The minimum absolute atomic E-state index is 0.133. The van der Waals surface area contributed by atoms with Crippen LogP contribution in [0.15, 0.2) is 41.0 Å². The summed E-state index contributed by atoms with van der Waals surface area (Å²) in [6.07, 6.45) is 3.36. The number of carbonyl (C=O) groups is 1. The van der Waals surface area contributed by atoms with E-state index in [0.717, 1.165) is 23.0 Å². The fraction of sp³-hybridized carbons (Fsp3) is 0.368. The average Bonchev–Trinajstić information content (AvgIpc) is 3.13. The molecular formula is C19H20BrN5O2. The number of fused-ring (bicyclic) bond motifs is 1. The van der Waals surface area contributed by atoms with Gasteiger partial charge in [-0.15, -0.1) is 5.10 Å². The molecule has 140 valence electrons. The zero-order valence-electron chi connectivity index (χ0n) is 15.0. The molecule has 0 aliphatic carbocycles. The van der Waals surface area contributed by atoms with Crippen molar-refractivity contribution in [3.63, 3.8) is 0 Å². The molecule has 1 aliphatic heterocycles. The van der Waals surface area contributed by atoms with Gasteiger partial charge in [0, 0.05) is 41.5 Å². The smallest absolute Gasteiger partial charge is 0.291 e. The molecule has 0 atom stereocenters. The van der Waals surface area contributed by atoms with Crippen molar-refractivity contribution < 1.29 is 9.53 Å².